The molecule has 24 heavy (non-hydrogen) atoms. The second kappa shape index (κ2) is 7.00. The molecule has 0 saturated carbocycles. The van der Waals surface area contributed by atoms with Gasteiger partial charge in [0, 0.05) is 12.6 Å². The second-order valence-corrected chi connectivity index (χ2v) is 6.43. The molecular formula is C17H24N4O3. The number of benzene rings is 1. The van der Waals surface area contributed by atoms with Crippen molar-refractivity contribution in [3.63, 3.8) is 0 Å². The third-order valence-electron chi connectivity index (χ3n) is 4.13. The van der Waals surface area contributed by atoms with E-state index in [9.17, 15) is 14.4 Å². The Morgan fingerprint density at radius 2 is 1.96 bits per heavy atom. The van der Waals surface area contributed by atoms with Crippen LogP contribution in [-0.2, 0) is 15.1 Å². The molecule has 0 aromatic heterocycles. The minimum atomic E-state index is -1.16. The molecule has 1 heterocycles. The third kappa shape index (κ3) is 3.73. The first-order valence-electron chi connectivity index (χ1n) is 7.97. The predicted molar refractivity (Wildman–Crippen MR) is 90.1 cm³/mol. The summed E-state index contributed by atoms with van der Waals surface area (Å²) in [5.41, 5.74) is 6.21. The zero-order valence-corrected chi connectivity index (χ0v) is 14.3. The molecule has 1 fully saturated rings. The van der Waals surface area contributed by atoms with Gasteiger partial charge in [-0.1, -0.05) is 29.8 Å². The maximum atomic E-state index is 12.7. The summed E-state index contributed by atoms with van der Waals surface area (Å²) in [7, 11) is 0. The summed E-state index contributed by atoms with van der Waals surface area (Å²) < 4.78 is 0. The van der Waals surface area contributed by atoms with Gasteiger partial charge in [0.05, 0.1) is 0 Å². The zero-order valence-electron chi connectivity index (χ0n) is 14.3. The van der Waals surface area contributed by atoms with Crippen LogP contribution in [0.4, 0.5) is 4.79 Å². The number of nitrogens with two attached hydrogens (primary N) is 1. The minimum Gasteiger partial charge on any atom is -0.354 e. The highest BCUT2D eigenvalue weighted by molar-refractivity contribution is 6.09. The number of urea groups is 1. The first kappa shape index (κ1) is 17.9. The molecule has 7 nitrogen and oxygen atoms in total. The molecule has 1 aliphatic rings. The van der Waals surface area contributed by atoms with Crippen LogP contribution in [0.15, 0.2) is 24.3 Å². The molecule has 1 aromatic carbocycles. The fourth-order valence-electron chi connectivity index (χ4n) is 2.56. The smallest absolute Gasteiger partial charge is 0.325 e. The van der Waals surface area contributed by atoms with E-state index in [1.54, 1.807) is 19.1 Å². The Morgan fingerprint density at radius 1 is 1.33 bits per heavy atom. The van der Waals surface area contributed by atoms with Crippen molar-refractivity contribution in [1.82, 2.24) is 15.5 Å². The molecule has 1 aliphatic heterocycles. The largest absolute Gasteiger partial charge is 0.354 e. The van der Waals surface area contributed by atoms with E-state index in [-0.39, 0.29) is 18.5 Å². The number of imide groups is 1. The van der Waals surface area contributed by atoms with Gasteiger partial charge in [-0.15, -0.1) is 0 Å². The molecule has 0 aliphatic carbocycles. The Morgan fingerprint density at radius 3 is 2.54 bits per heavy atom. The summed E-state index contributed by atoms with van der Waals surface area (Å²) >= 11 is 0. The molecule has 0 bridgehead atoms. The number of rotatable bonds is 6. The molecule has 0 radical (unpaired) electrons. The average Bonchev–Trinajstić information content (AvgIpc) is 2.72. The quantitative estimate of drug-likeness (QED) is 0.664. The Balaban J connectivity index is 2.05. The molecule has 2 rings (SSSR count). The SMILES string of the molecule is Cc1ccc(C2(C)NC(=O)N(CC(=O)NCCC(C)N)C2=O)cc1. The van der Waals surface area contributed by atoms with Crippen LogP contribution in [0.1, 0.15) is 31.4 Å². The molecule has 4 amide bonds. The van der Waals surface area contributed by atoms with E-state index in [4.69, 9.17) is 5.73 Å². The van der Waals surface area contributed by atoms with Crippen LogP contribution < -0.4 is 16.4 Å². The highest BCUT2D eigenvalue weighted by Crippen LogP contribution is 2.28. The van der Waals surface area contributed by atoms with E-state index >= 15 is 0 Å². The van der Waals surface area contributed by atoms with Crippen LogP contribution in [-0.4, -0.2) is 41.9 Å². The second-order valence-electron chi connectivity index (χ2n) is 6.43. The average molecular weight is 332 g/mol. The lowest BCUT2D eigenvalue weighted by Crippen LogP contribution is -2.43. The van der Waals surface area contributed by atoms with Crippen LogP contribution in [0, 0.1) is 6.92 Å². The summed E-state index contributed by atoms with van der Waals surface area (Å²) in [4.78, 5) is 37.7. The van der Waals surface area contributed by atoms with Crippen molar-refractivity contribution in [3.05, 3.63) is 35.4 Å². The lowest BCUT2D eigenvalue weighted by Gasteiger charge is -2.22. The molecular weight excluding hydrogens is 308 g/mol. The molecule has 2 unspecified atom stereocenters. The molecule has 1 aromatic rings. The monoisotopic (exact) mass is 332 g/mol. The van der Waals surface area contributed by atoms with Crippen molar-refractivity contribution < 1.29 is 14.4 Å². The van der Waals surface area contributed by atoms with Gasteiger partial charge in [-0.3, -0.25) is 14.5 Å². The zero-order chi connectivity index (χ0) is 17.9. The Bertz CT molecular complexity index is 642. The van der Waals surface area contributed by atoms with E-state index in [0.717, 1.165) is 10.5 Å². The van der Waals surface area contributed by atoms with Gasteiger partial charge in [0.2, 0.25) is 5.91 Å². The maximum Gasteiger partial charge on any atom is 0.325 e. The minimum absolute atomic E-state index is 0.0214. The van der Waals surface area contributed by atoms with Crippen molar-refractivity contribution in [1.29, 1.82) is 0 Å². The molecule has 4 N–H and O–H groups in total. The van der Waals surface area contributed by atoms with Gasteiger partial charge in [0.25, 0.3) is 5.91 Å². The lowest BCUT2D eigenvalue weighted by atomic mass is 9.91. The molecule has 1 saturated heterocycles. The van der Waals surface area contributed by atoms with Crippen LogP contribution in [0.5, 0.6) is 0 Å². The van der Waals surface area contributed by atoms with Gasteiger partial charge in [-0.25, -0.2) is 4.79 Å². The van der Waals surface area contributed by atoms with Gasteiger partial charge in [0.15, 0.2) is 0 Å². The van der Waals surface area contributed by atoms with E-state index in [0.29, 0.717) is 18.5 Å². The number of amides is 4. The maximum absolute atomic E-state index is 12.7. The van der Waals surface area contributed by atoms with E-state index < -0.39 is 17.5 Å². The van der Waals surface area contributed by atoms with Crippen LogP contribution in [0.3, 0.4) is 0 Å². The summed E-state index contributed by atoms with van der Waals surface area (Å²) in [6, 6.07) is 6.78. The number of nitrogens with zero attached hydrogens (tertiary/aromatic N) is 1. The Labute approximate surface area is 141 Å². The topological polar surface area (TPSA) is 105 Å². The number of aryl methyl sites for hydroxylation is 1. The van der Waals surface area contributed by atoms with Crippen molar-refractivity contribution in [3.8, 4) is 0 Å². The molecule has 0 spiro atoms. The van der Waals surface area contributed by atoms with Crippen LogP contribution in [0.25, 0.3) is 0 Å². The van der Waals surface area contributed by atoms with E-state index in [1.807, 2.05) is 26.0 Å². The van der Waals surface area contributed by atoms with E-state index in [1.165, 1.54) is 0 Å². The van der Waals surface area contributed by atoms with Gasteiger partial charge < -0.3 is 16.4 Å². The van der Waals surface area contributed by atoms with Gasteiger partial charge in [0.1, 0.15) is 12.1 Å². The standard InChI is InChI=1S/C17H24N4O3/c1-11-4-6-13(7-5-11)17(3)15(23)21(16(24)20-17)10-14(22)19-9-8-12(2)18/h4-7,12H,8-10,18H2,1-3H3,(H,19,22)(H,20,24). The van der Waals surface area contributed by atoms with Crippen molar-refractivity contribution in [2.45, 2.75) is 38.8 Å². The van der Waals surface area contributed by atoms with Crippen LogP contribution >= 0.6 is 0 Å². The lowest BCUT2D eigenvalue weighted by molar-refractivity contribution is -0.134. The molecule has 2 atom stereocenters. The van der Waals surface area contributed by atoms with E-state index in [2.05, 4.69) is 10.6 Å². The fraction of sp³-hybridized carbons (Fsp3) is 0.471. The first-order chi connectivity index (χ1) is 11.2. The van der Waals surface area contributed by atoms with Gasteiger partial charge >= 0.3 is 6.03 Å². The highest BCUT2D eigenvalue weighted by Gasteiger charge is 2.49. The first-order valence-corrected chi connectivity index (χ1v) is 7.97. The van der Waals surface area contributed by atoms with Gasteiger partial charge in [-0.2, -0.15) is 0 Å². The van der Waals surface area contributed by atoms with Crippen molar-refractivity contribution in [2.75, 3.05) is 13.1 Å². The number of hydrogen-bond acceptors (Lipinski definition) is 4. The molecule has 130 valence electrons. The van der Waals surface area contributed by atoms with Gasteiger partial charge in [-0.05, 0) is 32.8 Å². The molecule has 7 heteroatoms. The highest BCUT2D eigenvalue weighted by atomic mass is 16.2. The predicted octanol–water partition coefficient (Wildman–Crippen LogP) is 0.616. The summed E-state index contributed by atoms with van der Waals surface area (Å²) in [5.74, 6) is -0.814. The Kier molecular flexibility index (Phi) is 5.23. The summed E-state index contributed by atoms with van der Waals surface area (Å²) in [6.45, 7) is 5.54. The number of carbonyl (C=O) groups is 3. The summed E-state index contributed by atoms with van der Waals surface area (Å²) in [5, 5.41) is 5.35. The van der Waals surface area contributed by atoms with Crippen LogP contribution in [0.2, 0.25) is 0 Å². The number of nitrogens with one attached hydrogen (secondary N) is 2. The third-order valence-corrected chi connectivity index (χ3v) is 4.13. The van der Waals surface area contributed by atoms with Crippen molar-refractivity contribution >= 4 is 17.8 Å². The normalized spacial score (nSPS) is 21.6. The Hall–Kier alpha value is -2.41. The number of carbonyl (C=O) groups excluding carboxylic acids is 3. The number of hydrogen-bond donors (Lipinski definition) is 3. The fourth-order valence-corrected chi connectivity index (χ4v) is 2.56. The summed E-state index contributed by atoms with van der Waals surface area (Å²) in [6.07, 6.45) is 0.632. The van der Waals surface area contributed by atoms with Crippen molar-refractivity contribution in [2.24, 2.45) is 5.73 Å².